The molecule has 2 aromatic rings. The second kappa shape index (κ2) is 7.91. The van der Waals surface area contributed by atoms with E-state index < -0.39 is 0 Å². The van der Waals surface area contributed by atoms with Gasteiger partial charge in [-0.25, -0.2) is 0 Å². The third kappa shape index (κ3) is 4.14. The molecule has 1 saturated heterocycles. The molecule has 1 heterocycles. The Labute approximate surface area is 152 Å². The molecule has 1 aliphatic rings. The Kier molecular flexibility index (Phi) is 5.41. The van der Waals surface area contributed by atoms with Gasteiger partial charge in [-0.15, -0.1) is 0 Å². The van der Waals surface area contributed by atoms with Crippen molar-refractivity contribution in [2.45, 2.75) is 19.8 Å². The van der Waals surface area contributed by atoms with Crippen LogP contribution in [-0.4, -0.2) is 32.1 Å². The minimum Gasteiger partial charge on any atom is -0.495 e. The number of anilines is 2. The predicted molar refractivity (Wildman–Crippen MR) is 99.9 cm³/mol. The van der Waals surface area contributed by atoms with Gasteiger partial charge in [0.1, 0.15) is 11.5 Å². The lowest BCUT2D eigenvalue weighted by Crippen LogP contribution is -2.25. The number of nitrogens with one attached hydrogen (secondary N) is 1. The number of rotatable bonds is 6. The molecule has 0 aromatic heterocycles. The molecule has 0 spiro atoms. The Morgan fingerprint density at radius 2 is 1.96 bits per heavy atom. The van der Waals surface area contributed by atoms with Crippen molar-refractivity contribution in [3.63, 3.8) is 0 Å². The zero-order valence-electron chi connectivity index (χ0n) is 15.0. The topological polar surface area (TPSA) is 67.9 Å². The van der Waals surface area contributed by atoms with Crippen molar-refractivity contribution in [3.05, 3.63) is 48.0 Å². The summed E-state index contributed by atoms with van der Waals surface area (Å²) >= 11 is 0. The van der Waals surface area contributed by atoms with Crippen molar-refractivity contribution < 1.29 is 19.1 Å². The summed E-state index contributed by atoms with van der Waals surface area (Å²) in [5.41, 5.74) is 2.40. The highest BCUT2D eigenvalue weighted by atomic mass is 16.5. The summed E-state index contributed by atoms with van der Waals surface area (Å²) in [6, 6.07) is 12.8. The molecule has 0 aliphatic carbocycles. The lowest BCUT2D eigenvalue weighted by molar-refractivity contribution is -0.118. The van der Waals surface area contributed by atoms with Gasteiger partial charge < -0.3 is 19.7 Å². The maximum atomic E-state index is 12.2. The Morgan fingerprint density at radius 1 is 1.19 bits per heavy atom. The van der Waals surface area contributed by atoms with Gasteiger partial charge in [0.2, 0.25) is 5.91 Å². The summed E-state index contributed by atoms with van der Waals surface area (Å²) in [5.74, 6) is 1.04. The first-order valence-corrected chi connectivity index (χ1v) is 8.54. The van der Waals surface area contributed by atoms with Crippen molar-refractivity contribution in [3.8, 4) is 11.5 Å². The number of carbonyl (C=O) groups is 2. The Balaban J connectivity index is 1.66. The van der Waals surface area contributed by atoms with Gasteiger partial charge in [0.15, 0.2) is 6.61 Å². The monoisotopic (exact) mass is 354 g/mol. The standard InChI is InChI=1S/C20H22N2O4/c1-14-5-8-16(9-6-14)26-13-19(23)21-15-7-10-18(25-2)17(12-15)22-11-3-4-20(22)24/h5-10,12H,3-4,11,13H2,1-2H3,(H,21,23). The fourth-order valence-electron chi connectivity index (χ4n) is 2.86. The van der Waals surface area contributed by atoms with Crippen LogP contribution in [-0.2, 0) is 9.59 Å². The van der Waals surface area contributed by atoms with E-state index in [4.69, 9.17) is 9.47 Å². The maximum Gasteiger partial charge on any atom is 0.262 e. The number of hydrogen-bond donors (Lipinski definition) is 1. The highest BCUT2D eigenvalue weighted by Gasteiger charge is 2.24. The molecule has 6 nitrogen and oxygen atoms in total. The minimum absolute atomic E-state index is 0.0643. The summed E-state index contributed by atoms with van der Waals surface area (Å²) in [6.45, 7) is 2.55. The van der Waals surface area contributed by atoms with Crippen LogP contribution in [0.25, 0.3) is 0 Å². The summed E-state index contributed by atoms with van der Waals surface area (Å²) < 4.78 is 10.8. The lowest BCUT2D eigenvalue weighted by atomic mass is 10.2. The van der Waals surface area contributed by atoms with Crippen molar-refractivity contribution in [2.24, 2.45) is 0 Å². The molecule has 0 saturated carbocycles. The lowest BCUT2D eigenvalue weighted by Gasteiger charge is -2.20. The van der Waals surface area contributed by atoms with Crippen LogP contribution < -0.4 is 19.7 Å². The molecule has 0 bridgehead atoms. The van der Waals surface area contributed by atoms with Crippen LogP contribution >= 0.6 is 0 Å². The number of benzene rings is 2. The molecule has 1 N–H and O–H groups in total. The van der Waals surface area contributed by atoms with Gasteiger partial charge >= 0.3 is 0 Å². The third-order valence-electron chi connectivity index (χ3n) is 4.22. The number of nitrogens with zero attached hydrogens (tertiary/aromatic N) is 1. The van der Waals surface area contributed by atoms with Crippen LogP contribution in [0.1, 0.15) is 18.4 Å². The highest BCUT2D eigenvalue weighted by Crippen LogP contribution is 2.34. The fourth-order valence-corrected chi connectivity index (χ4v) is 2.86. The molecule has 1 aliphatic heterocycles. The number of aryl methyl sites for hydroxylation is 1. The van der Waals surface area contributed by atoms with Crippen LogP contribution in [0.3, 0.4) is 0 Å². The number of ether oxygens (including phenoxy) is 2. The first-order chi connectivity index (χ1) is 12.6. The van der Waals surface area contributed by atoms with Crippen molar-refractivity contribution in [1.29, 1.82) is 0 Å². The second-order valence-corrected chi connectivity index (χ2v) is 6.19. The molecule has 6 heteroatoms. The molecule has 2 aromatic carbocycles. The normalized spacial score (nSPS) is 13.6. The van der Waals surface area contributed by atoms with E-state index in [-0.39, 0.29) is 18.4 Å². The van der Waals surface area contributed by atoms with Gasteiger partial charge in [0, 0.05) is 18.7 Å². The molecule has 3 rings (SSSR count). The van der Waals surface area contributed by atoms with E-state index in [1.807, 2.05) is 31.2 Å². The summed E-state index contributed by atoms with van der Waals surface area (Å²) in [4.78, 5) is 25.9. The van der Waals surface area contributed by atoms with E-state index in [1.54, 1.807) is 30.2 Å². The van der Waals surface area contributed by atoms with Gasteiger partial charge in [-0.2, -0.15) is 0 Å². The molecular weight excluding hydrogens is 332 g/mol. The number of carbonyl (C=O) groups excluding carboxylic acids is 2. The SMILES string of the molecule is COc1ccc(NC(=O)COc2ccc(C)cc2)cc1N1CCCC1=O. The Bertz CT molecular complexity index is 802. The summed E-state index contributed by atoms with van der Waals surface area (Å²) in [5, 5.41) is 2.80. The van der Waals surface area contributed by atoms with Crippen LogP contribution in [0.4, 0.5) is 11.4 Å². The Morgan fingerprint density at radius 3 is 2.62 bits per heavy atom. The van der Waals surface area contributed by atoms with Gasteiger partial charge in [-0.1, -0.05) is 17.7 Å². The summed E-state index contributed by atoms with van der Waals surface area (Å²) in [6.07, 6.45) is 1.35. The van der Waals surface area contributed by atoms with Gasteiger partial charge in [0.25, 0.3) is 5.91 Å². The predicted octanol–water partition coefficient (Wildman–Crippen LogP) is 3.15. The fraction of sp³-hybridized carbons (Fsp3) is 0.300. The second-order valence-electron chi connectivity index (χ2n) is 6.19. The van der Waals surface area contributed by atoms with Crippen molar-refractivity contribution in [1.82, 2.24) is 0 Å². The minimum atomic E-state index is -0.269. The van der Waals surface area contributed by atoms with E-state index in [2.05, 4.69) is 5.32 Å². The smallest absolute Gasteiger partial charge is 0.262 e. The first-order valence-electron chi connectivity index (χ1n) is 8.54. The zero-order chi connectivity index (χ0) is 18.5. The van der Waals surface area contributed by atoms with Crippen molar-refractivity contribution >= 4 is 23.2 Å². The number of methoxy groups -OCH3 is 1. The van der Waals surface area contributed by atoms with E-state index >= 15 is 0 Å². The average molecular weight is 354 g/mol. The van der Waals surface area contributed by atoms with E-state index in [9.17, 15) is 9.59 Å². The van der Waals surface area contributed by atoms with Crippen LogP contribution in [0.15, 0.2) is 42.5 Å². The van der Waals surface area contributed by atoms with E-state index in [0.29, 0.717) is 35.8 Å². The van der Waals surface area contributed by atoms with E-state index in [1.165, 1.54) is 0 Å². The molecule has 1 fully saturated rings. The highest BCUT2D eigenvalue weighted by molar-refractivity contribution is 5.98. The van der Waals surface area contributed by atoms with Crippen LogP contribution in [0.2, 0.25) is 0 Å². The quantitative estimate of drug-likeness (QED) is 0.865. The molecule has 0 radical (unpaired) electrons. The van der Waals surface area contributed by atoms with E-state index in [0.717, 1.165) is 12.0 Å². The molecule has 136 valence electrons. The van der Waals surface area contributed by atoms with Gasteiger partial charge in [0.05, 0.1) is 12.8 Å². The largest absolute Gasteiger partial charge is 0.495 e. The molecular formula is C20H22N2O4. The Hall–Kier alpha value is -3.02. The van der Waals surface area contributed by atoms with Crippen LogP contribution in [0, 0.1) is 6.92 Å². The molecule has 0 unspecified atom stereocenters. The van der Waals surface area contributed by atoms with Gasteiger partial charge in [-0.3, -0.25) is 9.59 Å². The molecule has 26 heavy (non-hydrogen) atoms. The number of hydrogen-bond acceptors (Lipinski definition) is 4. The molecule has 0 atom stereocenters. The molecule has 2 amide bonds. The number of amides is 2. The third-order valence-corrected chi connectivity index (χ3v) is 4.22. The zero-order valence-corrected chi connectivity index (χ0v) is 15.0. The maximum absolute atomic E-state index is 12.2. The van der Waals surface area contributed by atoms with Crippen LogP contribution in [0.5, 0.6) is 11.5 Å². The van der Waals surface area contributed by atoms with Gasteiger partial charge in [-0.05, 0) is 43.7 Å². The first kappa shape index (κ1) is 17.8. The summed E-state index contributed by atoms with van der Waals surface area (Å²) in [7, 11) is 1.56. The average Bonchev–Trinajstić information content (AvgIpc) is 3.07. The van der Waals surface area contributed by atoms with Crippen molar-refractivity contribution in [2.75, 3.05) is 30.5 Å².